The van der Waals surface area contributed by atoms with Gasteiger partial charge in [-0.25, -0.2) is 0 Å². The van der Waals surface area contributed by atoms with Gasteiger partial charge in [-0.2, -0.15) is 0 Å². The van der Waals surface area contributed by atoms with Crippen molar-refractivity contribution in [3.63, 3.8) is 0 Å². The number of hydrogen-bond donors (Lipinski definition) is 4. The maximum atomic E-state index is 11.4. The van der Waals surface area contributed by atoms with Crippen LogP contribution >= 0.6 is 0 Å². The van der Waals surface area contributed by atoms with E-state index in [1.165, 1.54) is 11.6 Å². The van der Waals surface area contributed by atoms with Gasteiger partial charge in [-0.15, -0.1) is 0 Å². The molecule has 1 aliphatic rings. The summed E-state index contributed by atoms with van der Waals surface area (Å²) in [4.78, 5) is 11.4. The lowest BCUT2D eigenvalue weighted by Gasteiger charge is -2.24. The van der Waals surface area contributed by atoms with Crippen LogP contribution in [0.15, 0.2) is 42.5 Å². The predicted molar refractivity (Wildman–Crippen MR) is 104 cm³/mol. The zero-order chi connectivity index (χ0) is 19.2. The van der Waals surface area contributed by atoms with Crippen LogP contribution < -0.4 is 15.4 Å². The smallest absolute Gasteiger partial charge is 0.262 e. The molecule has 4 N–H and O–H groups in total. The second-order valence-corrected chi connectivity index (χ2v) is 7.02. The summed E-state index contributed by atoms with van der Waals surface area (Å²) in [5.41, 5.74) is 2.10. The molecule has 0 radical (unpaired) electrons. The number of rotatable bonds is 8. The standard InChI is InChI=1S/C21H26N2O4/c1-14(7-8-15-5-3-2-4-6-15)11-22-12-18(25)16-9-10-17(24)20-21(16)27-13-19(26)23-20/h2-6,9-10,14,18,22,24-25H,7-8,11-13H2,1H3,(H,23,26). The number of aromatic hydroxyl groups is 1. The maximum absolute atomic E-state index is 11.4. The van der Waals surface area contributed by atoms with Crippen molar-refractivity contribution in [2.24, 2.45) is 5.92 Å². The molecule has 2 unspecified atom stereocenters. The molecule has 6 nitrogen and oxygen atoms in total. The molecule has 6 heteroatoms. The molecule has 1 aliphatic heterocycles. The van der Waals surface area contributed by atoms with Gasteiger partial charge in [0.2, 0.25) is 0 Å². The number of aliphatic hydroxyl groups excluding tert-OH is 1. The van der Waals surface area contributed by atoms with Gasteiger partial charge in [-0.1, -0.05) is 37.3 Å². The number of benzene rings is 2. The first kappa shape index (κ1) is 19.2. The summed E-state index contributed by atoms with van der Waals surface area (Å²) in [5, 5.41) is 26.3. The van der Waals surface area contributed by atoms with Crippen molar-refractivity contribution in [2.45, 2.75) is 25.9 Å². The van der Waals surface area contributed by atoms with E-state index < -0.39 is 6.10 Å². The monoisotopic (exact) mass is 370 g/mol. The number of phenols is 1. The van der Waals surface area contributed by atoms with Gasteiger partial charge in [0.15, 0.2) is 12.4 Å². The van der Waals surface area contributed by atoms with Crippen molar-refractivity contribution in [1.29, 1.82) is 0 Å². The molecule has 2 aromatic carbocycles. The van der Waals surface area contributed by atoms with Crippen LogP contribution in [0.4, 0.5) is 5.69 Å². The lowest BCUT2D eigenvalue weighted by atomic mass is 10.0. The first-order valence-electron chi connectivity index (χ1n) is 9.26. The summed E-state index contributed by atoms with van der Waals surface area (Å²) in [6.45, 7) is 3.22. The van der Waals surface area contributed by atoms with Crippen molar-refractivity contribution in [1.82, 2.24) is 5.32 Å². The van der Waals surface area contributed by atoms with Gasteiger partial charge in [0, 0.05) is 12.1 Å². The minimum atomic E-state index is -0.796. The number of fused-ring (bicyclic) bond motifs is 1. The normalized spacial score (nSPS) is 15.4. The number of nitrogens with one attached hydrogen (secondary N) is 2. The number of aryl methyl sites for hydroxylation is 1. The Balaban J connectivity index is 1.50. The Bertz CT molecular complexity index is 779. The molecular formula is C21H26N2O4. The van der Waals surface area contributed by atoms with E-state index in [1.54, 1.807) is 6.07 Å². The number of hydrogen-bond acceptors (Lipinski definition) is 5. The molecule has 144 valence electrons. The second kappa shape index (κ2) is 8.88. The Kier molecular flexibility index (Phi) is 6.32. The molecule has 0 saturated carbocycles. The predicted octanol–water partition coefficient (Wildman–Crippen LogP) is 2.62. The average Bonchev–Trinajstić information content (AvgIpc) is 2.68. The zero-order valence-electron chi connectivity index (χ0n) is 15.4. The fraction of sp³-hybridized carbons (Fsp3) is 0.381. The van der Waals surface area contributed by atoms with E-state index in [2.05, 4.69) is 41.8 Å². The average molecular weight is 370 g/mol. The third-order valence-corrected chi connectivity index (χ3v) is 4.74. The summed E-state index contributed by atoms with van der Waals surface area (Å²) in [6, 6.07) is 13.5. The number of aliphatic hydroxyl groups is 1. The molecule has 27 heavy (non-hydrogen) atoms. The van der Waals surface area contributed by atoms with Crippen molar-refractivity contribution < 1.29 is 19.7 Å². The first-order valence-corrected chi connectivity index (χ1v) is 9.26. The summed E-state index contributed by atoms with van der Waals surface area (Å²) in [6.07, 6.45) is 1.30. The largest absolute Gasteiger partial charge is 0.506 e. The van der Waals surface area contributed by atoms with Gasteiger partial charge in [0.05, 0.1) is 6.10 Å². The van der Waals surface area contributed by atoms with Gasteiger partial charge >= 0.3 is 0 Å². The molecule has 1 amide bonds. The second-order valence-electron chi connectivity index (χ2n) is 7.02. The van der Waals surface area contributed by atoms with E-state index in [-0.39, 0.29) is 24.0 Å². The van der Waals surface area contributed by atoms with Crippen LogP contribution in [0.1, 0.15) is 30.6 Å². The van der Waals surface area contributed by atoms with Crippen LogP contribution in [-0.2, 0) is 11.2 Å². The lowest BCUT2D eigenvalue weighted by molar-refractivity contribution is -0.118. The fourth-order valence-electron chi connectivity index (χ4n) is 3.18. The third kappa shape index (κ3) is 4.99. The van der Waals surface area contributed by atoms with Crippen LogP contribution in [0.5, 0.6) is 11.5 Å². The first-order chi connectivity index (χ1) is 13.0. The topological polar surface area (TPSA) is 90.8 Å². The van der Waals surface area contributed by atoms with Gasteiger partial charge in [-0.3, -0.25) is 4.79 Å². The molecule has 2 atom stereocenters. The Morgan fingerprint density at radius 1 is 1.19 bits per heavy atom. The van der Waals surface area contributed by atoms with Gasteiger partial charge in [0.25, 0.3) is 5.91 Å². The fourth-order valence-corrected chi connectivity index (χ4v) is 3.18. The third-order valence-electron chi connectivity index (χ3n) is 4.74. The molecule has 0 aromatic heterocycles. The number of phenolic OH excluding ortho intramolecular Hbond substituents is 1. The van der Waals surface area contributed by atoms with E-state index in [4.69, 9.17) is 4.74 Å². The molecule has 0 saturated heterocycles. The van der Waals surface area contributed by atoms with E-state index in [0.717, 1.165) is 19.4 Å². The molecular weight excluding hydrogens is 344 g/mol. The Morgan fingerprint density at radius 2 is 1.96 bits per heavy atom. The molecule has 1 heterocycles. The van der Waals surface area contributed by atoms with Crippen molar-refractivity contribution >= 4 is 11.6 Å². The van der Waals surface area contributed by atoms with E-state index in [9.17, 15) is 15.0 Å². The molecule has 2 aromatic rings. The highest BCUT2D eigenvalue weighted by Gasteiger charge is 2.25. The SMILES string of the molecule is CC(CCc1ccccc1)CNCC(O)c1ccc(O)c2c1OCC(=O)N2. The number of amides is 1. The van der Waals surface area contributed by atoms with Crippen molar-refractivity contribution in [3.05, 3.63) is 53.6 Å². The lowest BCUT2D eigenvalue weighted by Crippen LogP contribution is -2.29. The maximum Gasteiger partial charge on any atom is 0.262 e. The number of carbonyl (C=O) groups is 1. The Hall–Kier alpha value is -2.57. The molecule has 0 bridgehead atoms. The summed E-state index contributed by atoms with van der Waals surface area (Å²) >= 11 is 0. The van der Waals surface area contributed by atoms with Crippen molar-refractivity contribution in [2.75, 3.05) is 25.0 Å². The van der Waals surface area contributed by atoms with Crippen LogP contribution in [0.3, 0.4) is 0 Å². The minimum absolute atomic E-state index is 0.0727. The highest BCUT2D eigenvalue weighted by molar-refractivity contribution is 5.97. The van der Waals surface area contributed by atoms with Crippen LogP contribution in [0, 0.1) is 5.92 Å². The van der Waals surface area contributed by atoms with Gasteiger partial charge in [0.1, 0.15) is 11.4 Å². The highest BCUT2D eigenvalue weighted by atomic mass is 16.5. The number of anilines is 1. The van der Waals surface area contributed by atoms with E-state index in [0.29, 0.717) is 23.8 Å². The van der Waals surface area contributed by atoms with Crippen molar-refractivity contribution in [3.8, 4) is 11.5 Å². The molecule has 3 rings (SSSR count). The summed E-state index contributed by atoms with van der Waals surface area (Å²) in [7, 11) is 0. The van der Waals surface area contributed by atoms with Gasteiger partial charge < -0.3 is 25.6 Å². The Labute approximate surface area is 159 Å². The summed E-state index contributed by atoms with van der Waals surface area (Å²) in [5.74, 6) is 0.411. The molecule has 0 fully saturated rings. The van der Waals surface area contributed by atoms with Crippen LogP contribution in [-0.4, -0.2) is 35.8 Å². The highest BCUT2D eigenvalue weighted by Crippen LogP contribution is 2.41. The zero-order valence-corrected chi connectivity index (χ0v) is 15.4. The quantitative estimate of drug-likeness (QED) is 0.536. The van der Waals surface area contributed by atoms with E-state index >= 15 is 0 Å². The van der Waals surface area contributed by atoms with E-state index in [1.807, 2.05) is 6.07 Å². The number of carbonyl (C=O) groups excluding carboxylic acids is 1. The molecule has 0 spiro atoms. The van der Waals surface area contributed by atoms with Crippen LogP contribution in [0.2, 0.25) is 0 Å². The minimum Gasteiger partial charge on any atom is -0.506 e. The Morgan fingerprint density at radius 3 is 2.74 bits per heavy atom. The van der Waals surface area contributed by atoms with Gasteiger partial charge in [-0.05, 0) is 43.0 Å². The number of ether oxygens (including phenoxy) is 1. The van der Waals surface area contributed by atoms with Crippen LogP contribution in [0.25, 0.3) is 0 Å². The molecule has 0 aliphatic carbocycles. The summed E-state index contributed by atoms with van der Waals surface area (Å²) < 4.78 is 5.42.